The van der Waals surface area contributed by atoms with Crippen LogP contribution in [-0.4, -0.2) is 18.5 Å². The van der Waals surface area contributed by atoms with Gasteiger partial charge in [0.15, 0.2) is 0 Å². The maximum Gasteiger partial charge on any atom is 0.249 e. The molecule has 0 radical (unpaired) electrons. The van der Waals surface area contributed by atoms with Crippen molar-refractivity contribution in [1.82, 2.24) is 10.6 Å². The van der Waals surface area contributed by atoms with Crippen LogP contribution in [0.2, 0.25) is 0 Å². The van der Waals surface area contributed by atoms with Gasteiger partial charge in [0.1, 0.15) is 5.54 Å². The summed E-state index contributed by atoms with van der Waals surface area (Å²) in [6.45, 7) is 1.98. The maximum atomic E-state index is 11.5. The Morgan fingerprint density at radius 3 is 2.75 bits per heavy atom. The molecule has 12 heavy (non-hydrogen) atoms. The molecule has 1 unspecified atom stereocenters. The highest BCUT2D eigenvalue weighted by Crippen LogP contribution is 2.15. The van der Waals surface area contributed by atoms with Gasteiger partial charge in [0, 0.05) is 7.05 Å². The summed E-state index contributed by atoms with van der Waals surface area (Å²) in [7, 11) is 1.65. The molecule has 1 aliphatic heterocycles. The molecule has 0 spiro atoms. The largest absolute Gasteiger partial charge is 0.374 e. The van der Waals surface area contributed by atoms with Gasteiger partial charge in [-0.25, -0.2) is 0 Å². The SMILES string of the molecule is CCC1(C(=O)NC)C=CC=CN1. The molecule has 3 nitrogen and oxygen atoms in total. The second-order valence-electron chi connectivity index (χ2n) is 2.77. The zero-order chi connectivity index (χ0) is 9.03. The molecule has 3 heteroatoms. The monoisotopic (exact) mass is 166 g/mol. The number of hydrogen-bond donors (Lipinski definition) is 2. The van der Waals surface area contributed by atoms with Gasteiger partial charge in [-0.05, 0) is 24.8 Å². The summed E-state index contributed by atoms with van der Waals surface area (Å²) >= 11 is 0. The molecule has 66 valence electrons. The van der Waals surface area contributed by atoms with E-state index in [-0.39, 0.29) is 5.91 Å². The zero-order valence-electron chi connectivity index (χ0n) is 7.42. The van der Waals surface area contributed by atoms with Crippen LogP contribution in [0.4, 0.5) is 0 Å². The van der Waals surface area contributed by atoms with Crippen molar-refractivity contribution in [2.24, 2.45) is 0 Å². The summed E-state index contributed by atoms with van der Waals surface area (Å²) < 4.78 is 0. The van der Waals surface area contributed by atoms with Crippen LogP contribution in [-0.2, 0) is 4.79 Å². The van der Waals surface area contributed by atoms with Crippen LogP contribution in [0.25, 0.3) is 0 Å². The molecule has 2 N–H and O–H groups in total. The fourth-order valence-electron chi connectivity index (χ4n) is 1.27. The Morgan fingerprint density at radius 2 is 2.33 bits per heavy atom. The van der Waals surface area contributed by atoms with Crippen LogP contribution in [0.1, 0.15) is 13.3 Å². The summed E-state index contributed by atoms with van der Waals surface area (Å²) in [4.78, 5) is 11.5. The van der Waals surface area contributed by atoms with Crippen molar-refractivity contribution in [2.75, 3.05) is 7.05 Å². The second kappa shape index (κ2) is 3.43. The lowest BCUT2D eigenvalue weighted by atomic mass is 9.93. The molecular formula is C9H14N2O. The summed E-state index contributed by atoms with van der Waals surface area (Å²) in [5.41, 5.74) is -0.538. The first kappa shape index (κ1) is 8.84. The number of carbonyl (C=O) groups is 1. The number of nitrogens with one attached hydrogen (secondary N) is 2. The second-order valence-corrected chi connectivity index (χ2v) is 2.77. The van der Waals surface area contributed by atoms with Crippen LogP contribution in [0, 0.1) is 0 Å². The van der Waals surface area contributed by atoms with E-state index in [9.17, 15) is 4.79 Å². The van der Waals surface area contributed by atoms with Gasteiger partial charge in [0.25, 0.3) is 0 Å². The number of carbonyl (C=O) groups excluding carboxylic acids is 1. The molecule has 0 saturated heterocycles. The van der Waals surface area contributed by atoms with Crippen molar-refractivity contribution < 1.29 is 4.79 Å². The van der Waals surface area contributed by atoms with Gasteiger partial charge < -0.3 is 10.6 Å². The van der Waals surface area contributed by atoms with E-state index in [4.69, 9.17) is 0 Å². The van der Waals surface area contributed by atoms with E-state index < -0.39 is 5.54 Å². The van der Waals surface area contributed by atoms with Gasteiger partial charge in [-0.2, -0.15) is 0 Å². The quantitative estimate of drug-likeness (QED) is 0.629. The highest BCUT2D eigenvalue weighted by Gasteiger charge is 2.32. The molecule has 0 aromatic heterocycles. The third-order valence-corrected chi connectivity index (χ3v) is 2.12. The lowest BCUT2D eigenvalue weighted by Crippen LogP contribution is -2.53. The number of hydrogen-bond acceptors (Lipinski definition) is 2. The van der Waals surface area contributed by atoms with Crippen LogP contribution in [0.3, 0.4) is 0 Å². The van der Waals surface area contributed by atoms with Crippen molar-refractivity contribution in [3.63, 3.8) is 0 Å². The van der Waals surface area contributed by atoms with Gasteiger partial charge in [0.2, 0.25) is 5.91 Å². The van der Waals surface area contributed by atoms with E-state index in [0.29, 0.717) is 0 Å². The van der Waals surface area contributed by atoms with Crippen LogP contribution >= 0.6 is 0 Å². The minimum absolute atomic E-state index is 0.00519. The zero-order valence-corrected chi connectivity index (χ0v) is 7.42. The molecule has 0 aliphatic carbocycles. The fourth-order valence-corrected chi connectivity index (χ4v) is 1.27. The summed E-state index contributed by atoms with van der Waals surface area (Å²) in [5, 5.41) is 5.69. The fraction of sp³-hybridized carbons (Fsp3) is 0.444. The van der Waals surface area contributed by atoms with Crippen molar-refractivity contribution in [3.05, 3.63) is 24.4 Å². The van der Waals surface area contributed by atoms with Crippen LogP contribution in [0.15, 0.2) is 24.4 Å². The third-order valence-electron chi connectivity index (χ3n) is 2.12. The minimum atomic E-state index is -0.538. The minimum Gasteiger partial charge on any atom is -0.374 e. The van der Waals surface area contributed by atoms with E-state index in [1.807, 2.05) is 25.2 Å². The first-order valence-electron chi connectivity index (χ1n) is 4.09. The Labute approximate surface area is 72.5 Å². The molecule has 0 aromatic rings. The normalized spacial score (nSPS) is 26.5. The molecule has 1 atom stereocenters. The standard InChI is InChI=1S/C9H14N2O/c1-3-9(8(12)10-2)6-4-5-7-11-9/h4-7,11H,3H2,1-2H3,(H,10,12). The van der Waals surface area contributed by atoms with Gasteiger partial charge >= 0.3 is 0 Å². The average Bonchev–Trinajstić information content (AvgIpc) is 2.17. The molecule has 1 heterocycles. The van der Waals surface area contributed by atoms with Gasteiger partial charge in [-0.3, -0.25) is 4.79 Å². The number of dihydropyridines is 1. The van der Waals surface area contributed by atoms with Crippen LogP contribution < -0.4 is 10.6 Å². The predicted octanol–water partition coefficient (Wildman–Crippen LogP) is 0.554. The van der Waals surface area contributed by atoms with Gasteiger partial charge in [-0.15, -0.1) is 0 Å². The van der Waals surface area contributed by atoms with Crippen molar-refractivity contribution >= 4 is 5.91 Å². The summed E-state index contributed by atoms with van der Waals surface area (Å²) in [6.07, 6.45) is 8.17. The van der Waals surface area contributed by atoms with Gasteiger partial charge in [-0.1, -0.05) is 13.0 Å². The molecular weight excluding hydrogens is 152 g/mol. The summed E-state index contributed by atoms with van der Waals surface area (Å²) in [5.74, 6) is 0.00519. The Hall–Kier alpha value is -1.25. The number of likely N-dealkylation sites (N-methyl/N-ethyl adjacent to an activating group) is 1. The summed E-state index contributed by atoms with van der Waals surface area (Å²) in [6, 6.07) is 0. The average molecular weight is 166 g/mol. The van der Waals surface area contributed by atoms with E-state index in [1.54, 1.807) is 13.2 Å². The maximum absolute atomic E-state index is 11.5. The highest BCUT2D eigenvalue weighted by molar-refractivity contribution is 5.88. The molecule has 0 fully saturated rings. The lowest BCUT2D eigenvalue weighted by molar-refractivity contribution is -0.125. The smallest absolute Gasteiger partial charge is 0.249 e. The Kier molecular flexibility index (Phi) is 2.53. The Morgan fingerprint density at radius 1 is 1.58 bits per heavy atom. The van der Waals surface area contributed by atoms with Crippen molar-refractivity contribution in [2.45, 2.75) is 18.9 Å². The highest BCUT2D eigenvalue weighted by atomic mass is 16.2. The molecule has 0 aromatic carbocycles. The lowest BCUT2D eigenvalue weighted by Gasteiger charge is -2.29. The van der Waals surface area contributed by atoms with Gasteiger partial charge in [0.05, 0.1) is 0 Å². The number of rotatable bonds is 2. The predicted molar refractivity (Wildman–Crippen MR) is 48.5 cm³/mol. The molecule has 1 aliphatic rings. The first-order valence-corrected chi connectivity index (χ1v) is 4.09. The van der Waals surface area contributed by atoms with Crippen molar-refractivity contribution in [1.29, 1.82) is 0 Å². The topological polar surface area (TPSA) is 41.1 Å². The number of allylic oxidation sites excluding steroid dienone is 2. The number of amides is 1. The Balaban J connectivity index is 2.83. The van der Waals surface area contributed by atoms with E-state index >= 15 is 0 Å². The first-order chi connectivity index (χ1) is 5.75. The van der Waals surface area contributed by atoms with E-state index in [0.717, 1.165) is 6.42 Å². The van der Waals surface area contributed by atoms with E-state index in [2.05, 4.69) is 10.6 Å². The van der Waals surface area contributed by atoms with Crippen molar-refractivity contribution in [3.8, 4) is 0 Å². The van der Waals surface area contributed by atoms with Crippen LogP contribution in [0.5, 0.6) is 0 Å². The molecule has 0 saturated carbocycles. The Bertz CT molecular complexity index is 233. The molecule has 1 amide bonds. The molecule has 0 bridgehead atoms. The molecule has 1 rings (SSSR count). The van der Waals surface area contributed by atoms with E-state index in [1.165, 1.54) is 0 Å². The third kappa shape index (κ3) is 1.35.